The summed E-state index contributed by atoms with van der Waals surface area (Å²) < 4.78 is 11.8. The van der Waals surface area contributed by atoms with E-state index in [0.717, 1.165) is 17.9 Å². The monoisotopic (exact) mass is 252 g/mol. The summed E-state index contributed by atoms with van der Waals surface area (Å²) in [6.45, 7) is 5.49. The van der Waals surface area contributed by atoms with Crippen LogP contribution in [0.3, 0.4) is 0 Å². The number of rotatable bonds is 6. The molecule has 1 unspecified atom stereocenters. The maximum atomic E-state index is 6.23. The summed E-state index contributed by atoms with van der Waals surface area (Å²) >= 11 is 0. The largest absolute Gasteiger partial charge is 0.472 e. The Hall–Kier alpha value is -0.543. The first-order chi connectivity index (χ1) is 8.25. The molecule has 0 amide bonds. The van der Waals surface area contributed by atoms with Gasteiger partial charge in [-0.05, 0) is 42.9 Å². The summed E-state index contributed by atoms with van der Waals surface area (Å²) in [6.07, 6.45) is 7.28. The van der Waals surface area contributed by atoms with Gasteiger partial charge in [0.2, 0.25) is 9.04 Å². The van der Waals surface area contributed by atoms with E-state index in [1.165, 1.54) is 31.7 Å². The fraction of sp³-hybridized carbons (Fsp3) is 0.714. The van der Waals surface area contributed by atoms with E-state index in [1.807, 2.05) is 6.07 Å². The van der Waals surface area contributed by atoms with E-state index < -0.39 is 9.04 Å². The molecular formula is C14H24O2Si. The molecule has 1 heterocycles. The van der Waals surface area contributed by atoms with E-state index in [-0.39, 0.29) is 0 Å². The second-order valence-electron chi connectivity index (χ2n) is 5.62. The average Bonchev–Trinajstić information content (AvgIpc) is 2.96. The first kappa shape index (κ1) is 12.9. The smallest absolute Gasteiger partial charge is 0.248 e. The van der Waals surface area contributed by atoms with Gasteiger partial charge in [0.15, 0.2) is 0 Å². The zero-order chi connectivity index (χ0) is 12.1. The quantitative estimate of drug-likeness (QED) is 0.726. The molecule has 17 heavy (non-hydrogen) atoms. The summed E-state index contributed by atoms with van der Waals surface area (Å²) in [4.78, 5) is 0. The Bertz CT molecular complexity index is 302. The molecule has 0 N–H and O–H groups in total. The highest BCUT2D eigenvalue weighted by Crippen LogP contribution is 2.25. The van der Waals surface area contributed by atoms with E-state index >= 15 is 0 Å². The van der Waals surface area contributed by atoms with Gasteiger partial charge in [-0.25, -0.2) is 0 Å². The van der Waals surface area contributed by atoms with E-state index in [2.05, 4.69) is 19.9 Å². The van der Waals surface area contributed by atoms with Crippen LogP contribution in [-0.4, -0.2) is 15.6 Å². The van der Waals surface area contributed by atoms with Crippen LogP contribution in [0.4, 0.5) is 0 Å². The first-order valence-corrected chi connectivity index (χ1v) is 8.77. The van der Waals surface area contributed by atoms with Crippen molar-refractivity contribution in [3.05, 3.63) is 18.4 Å². The van der Waals surface area contributed by atoms with Crippen molar-refractivity contribution in [2.45, 2.75) is 45.6 Å². The molecule has 0 bridgehead atoms. The van der Waals surface area contributed by atoms with Gasteiger partial charge in [0.05, 0.1) is 6.26 Å². The van der Waals surface area contributed by atoms with Crippen LogP contribution in [0.5, 0.6) is 0 Å². The Kier molecular flexibility index (Phi) is 4.86. The van der Waals surface area contributed by atoms with Crippen molar-refractivity contribution in [3.8, 4) is 0 Å². The number of furan rings is 1. The molecule has 1 aliphatic carbocycles. The third-order valence-corrected chi connectivity index (χ3v) is 6.48. The van der Waals surface area contributed by atoms with Gasteiger partial charge in [-0.15, -0.1) is 0 Å². The van der Waals surface area contributed by atoms with Gasteiger partial charge in [-0.1, -0.05) is 26.7 Å². The normalized spacial score (nSPS) is 19.0. The van der Waals surface area contributed by atoms with Gasteiger partial charge in [-0.3, -0.25) is 0 Å². The van der Waals surface area contributed by atoms with Crippen molar-refractivity contribution in [2.24, 2.45) is 11.8 Å². The molecule has 96 valence electrons. The fourth-order valence-electron chi connectivity index (χ4n) is 2.60. The zero-order valence-electron chi connectivity index (χ0n) is 11.0. The summed E-state index contributed by atoms with van der Waals surface area (Å²) in [5, 5.41) is 1.12. The van der Waals surface area contributed by atoms with Crippen molar-refractivity contribution in [2.75, 3.05) is 6.61 Å². The standard InChI is InChI=1S/C14H24O2Si/c1-12(2)11-17(14-8-5-9-15-14)16-10-13-6-3-4-7-13/h5,8-9,12-13,17H,3-4,6-7,10-11H2,1-2H3. The van der Waals surface area contributed by atoms with Gasteiger partial charge < -0.3 is 8.84 Å². The molecule has 0 aromatic carbocycles. The van der Waals surface area contributed by atoms with Crippen molar-refractivity contribution < 1.29 is 8.84 Å². The van der Waals surface area contributed by atoms with E-state index in [9.17, 15) is 0 Å². The predicted octanol–water partition coefficient (Wildman–Crippen LogP) is 3.07. The predicted molar refractivity (Wildman–Crippen MR) is 73.0 cm³/mol. The van der Waals surface area contributed by atoms with Crippen molar-refractivity contribution in [1.29, 1.82) is 0 Å². The third kappa shape index (κ3) is 4.00. The molecule has 2 nitrogen and oxygen atoms in total. The highest BCUT2D eigenvalue weighted by Gasteiger charge is 2.22. The van der Waals surface area contributed by atoms with Crippen LogP contribution in [0, 0.1) is 11.8 Å². The van der Waals surface area contributed by atoms with Gasteiger partial charge >= 0.3 is 0 Å². The number of hydrogen-bond donors (Lipinski definition) is 0. The molecule has 1 saturated carbocycles. The van der Waals surface area contributed by atoms with Gasteiger partial charge in [0, 0.05) is 6.61 Å². The Morgan fingerprint density at radius 1 is 1.41 bits per heavy atom. The maximum Gasteiger partial charge on any atom is 0.248 e. The highest BCUT2D eigenvalue weighted by molar-refractivity contribution is 6.66. The van der Waals surface area contributed by atoms with E-state index in [4.69, 9.17) is 8.84 Å². The minimum absolute atomic E-state index is 0.695. The molecular weight excluding hydrogens is 228 g/mol. The molecule has 1 aromatic rings. The second-order valence-corrected chi connectivity index (χ2v) is 7.97. The van der Waals surface area contributed by atoms with Crippen LogP contribution in [0.2, 0.25) is 6.04 Å². The van der Waals surface area contributed by atoms with Crippen molar-refractivity contribution in [1.82, 2.24) is 0 Å². The van der Waals surface area contributed by atoms with Crippen LogP contribution in [0.1, 0.15) is 39.5 Å². The second kappa shape index (κ2) is 6.41. The lowest BCUT2D eigenvalue weighted by Crippen LogP contribution is -2.35. The van der Waals surface area contributed by atoms with Gasteiger partial charge in [-0.2, -0.15) is 0 Å². The van der Waals surface area contributed by atoms with Crippen molar-refractivity contribution in [3.63, 3.8) is 0 Å². The molecule has 2 rings (SSSR count). The first-order valence-electron chi connectivity index (χ1n) is 6.90. The lowest BCUT2D eigenvalue weighted by molar-refractivity contribution is 0.252. The molecule has 1 fully saturated rings. The van der Waals surface area contributed by atoms with E-state index in [0.29, 0.717) is 5.92 Å². The highest BCUT2D eigenvalue weighted by atomic mass is 28.3. The summed E-state index contributed by atoms with van der Waals surface area (Å²) in [6, 6.07) is 5.25. The minimum atomic E-state index is -1.32. The summed E-state index contributed by atoms with van der Waals surface area (Å²) in [7, 11) is -1.32. The van der Waals surface area contributed by atoms with Crippen molar-refractivity contribution >= 4 is 14.4 Å². The molecule has 1 aliphatic rings. The lowest BCUT2D eigenvalue weighted by atomic mass is 10.1. The Labute approximate surface area is 106 Å². The molecule has 0 aliphatic heterocycles. The summed E-state index contributed by atoms with van der Waals surface area (Å²) in [5.74, 6) is 1.51. The van der Waals surface area contributed by atoms with Gasteiger partial charge in [0.25, 0.3) is 0 Å². The van der Waals surface area contributed by atoms with Crippen LogP contribution in [0.15, 0.2) is 22.8 Å². The van der Waals surface area contributed by atoms with E-state index in [1.54, 1.807) is 6.26 Å². The molecule has 1 aromatic heterocycles. The van der Waals surface area contributed by atoms with Crippen LogP contribution >= 0.6 is 0 Å². The SMILES string of the molecule is CC(C)C[SiH](OCC1CCCC1)c1ccco1. The minimum Gasteiger partial charge on any atom is -0.472 e. The van der Waals surface area contributed by atoms with Crippen LogP contribution in [0.25, 0.3) is 0 Å². The average molecular weight is 252 g/mol. The molecule has 0 saturated heterocycles. The zero-order valence-corrected chi connectivity index (χ0v) is 12.2. The fourth-order valence-corrected chi connectivity index (χ4v) is 5.05. The maximum absolute atomic E-state index is 6.23. The molecule has 3 heteroatoms. The van der Waals surface area contributed by atoms with Gasteiger partial charge in [0.1, 0.15) is 5.38 Å². The topological polar surface area (TPSA) is 22.4 Å². The third-order valence-electron chi connectivity index (χ3n) is 3.55. The lowest BCUT2D eigenvalue weighted by Gasteiger charge is -2.18. The molecule has 0 spiro atoms. The summed E-state index contributed by atoms with van der Waals surface area (Å²) in [5.41, 5.74) is 0. The number of hydrogen-bond acceptors (Lipinski definition) is 2. The Balaban J connectivity index is 1.86. The van der Waals surface area contributed by atoms with Crippen LogP contribution < -0.4 is 5.38 Å². The van der Waals surface area contributed by atoms with Crippen LogP contribution in [-0.2, 0) is 4.43 Å². The molecule has 0 radical (unpaired) electrons. The Morgan fingerprint density at radius 3 is 2.76 bits per heavy atom. The Morgan fingerprint density at radius 2 is 2.18 bits per heavy atom. The molecule has 1 atom stereocenters.